The maximum Gasteiger partial charge on any atom is 0.258 e. The van der Waals surface area contributed by atoms with Gasteiger partial charge in [0.05, 0.1) is 4.90 Å². The third-order valence-corrected chi connectivity index (χ3v) is 7.50. The molecule has 172 valence electrons. The van der Waals surface area contributed by atoms with E-state index in [0.29, 0.717) is 12.1 Å². The van der Waals surface area contributed by atoms with Crippen molar-refractivity contribution in [1.82, 2.24) is 4.72 Å². The van der Waals surface area contributed by atoms with Gasteiger partial charge in [-0.25, -0.2) is 13.1 Å². The van der Waals surface area contributed by atoms with Gasteiger partial charge >= 0.3 is 0 Å². The number of hydrogen-bond acceptors (Lipinski definition) is 3. The molecule has 0 radical (unpaired) electrons. The maximum atomic E-state index is 12.9. The minimum Gasteiger partial charge on any atom is -0.308 e. The smallest absolute Gasteiger partial charge is 0.258 e. The number of amides is 1. The molecule has 1 heterocycles. The number of carbonyl (C=O) groups is 1. The molecule has 0 aromatic heterocycles. The Morgan fingerprint density at radius 3 is 2.27 bits per heavy atom. The number of rotatable bonds is 5. The number of benzene rings is 3. The van der Waals surface area contributed by atoms with Crippen LogP contribution < -0.4 is 9.62 Å². The zero-order valence-corrected chi connectivity index (χ0v) is 20.4. The minimum absolute atomic E-state index is 0.0130. The van der Waals surface area contributed by atoms with Crippen LogP contribution in [0.3, 0.4) is 0 Å². The van der Waals surface area contributed by atoms with Crippen molar-refractivity contribution >= 4 is 21.6 Å². The highest BCUT2D eigenvalue weighted by Crippen LogP contribution is 2.30. The van der Waals surface area contributed by atoms with Crippen LogP contribution in [0, 0.1) is 6.92 Å². The molecule has 0 saturated heterocycles. The van der Waals surface area contributed by atoms with Crippen molar-refractivity contribution in [2.75, 3.05) is 11.4 Å². The lowest BCUT2D eigenvalue weighted by Gasteiger charge is -2.19. The van der Waals surface area contributed by atoms with E-state index in [-0.39, 0.29) is 22.8 Å². The number of nitrogens with one attached hydrogen (secondary N) is 1. The Bertz CT molecular complexity index is 1270. The fourth-order valence-electron chi connectivity index (χ4n) is 4.02. The number of sulfonamides is 1. The molecule has 0 atom stereocenters. The fraction of sp³-hybridized carbons (Fsp3) is 0.296. The third-order valence-electron chi connectivity index (χ3n) is 6.08. The molecule has 3 aromatic rings. The van der Waals surface area contributed by atoms with Crippen molar-refractivity contribution < 1.29 is 13.2 Å². The molecule has 6 heteroatoms. The van der Waals surface area contributed by atoms with E-state index in [2.05, 4.69) is 25.5 Å². The fourth-order valence-corrected chi connectivity index (χ4v) is 5.04. The molecule has 3 aromatic carbocycles. The molecule has 0 aliphatic carbocycles. The second kappa shape index (κ2) is 8.76. The summed E-state index contributed by atoms with van der Waals surface area (Å²) in [7, 11) is -3.61. The number of anilines is 1. The lowest BCUT2D eigenvalue weighted by Crippen LogP contribution is -2.28. The van der Waals surface area contributed by atoms with Crippen LogP contribution in [0.5, 0.6) is 0 Å². The summed E-state index contributed by atoms with van der Waals surface area (Å²) in [6, 6.07) is 20.4. The molecule has 0 bridgehead atoms. The highest BCUT2D eigenvalue weighted by molar-refractivity contribution is 7.89. The van der Waals surface area contributed by atoms with Gasteiger partial charge in [-0.15, -0.1) is 0 Å². The van der Waals surface area contributed by atoms with Gasteiger partial charge < -0.3 is 4.90 Å². The van der Waals surface area contributed by atoms with Crippen LogP contribution in [0.4, 0.5) is 5.69 Å². The molecule has 4 rings (SSSR count). The lowest BCUT2D eigenvalue weighted by molar-refractivity contribution is 0.0989. The Labute approximate surface area is 196 Å². The van der Waals surface area contributed by atoms with E-state index in [0.717, 1.165) is 34.4 Å². The molecule has 0 fully saturated rings. The molecule has 33 heavy (non-hydrogen) atoms. The summed E-state index contributed by atoms with van der Waals surface area (Å²) in [4.78, 5) is 15.0. The average molecular weight is 463 g/mol. The van der Waals surface area contributed by atoms with Gasteiger partial charge in [0.15, 0.2) is 0 Å². The summed E-state index contributed by atoms with van der Waals surface area (Å²) >= 11 is 0. The predicted octanol–water partition coefficient (Wildman–Crippen LogP) is 4.97. The van der Waals surface area contributed by atoms with Crippen molar-refractivity contribution in [3.05, 3.63) is 94.5 Å². The number of fused-ring (bicyclic) bond motifs is 1. The van der Waals surface area contributed by atoms with Crippen LogP contribution in [0.15, 0.2) is 71.6 Å². The molecule has 1 N–H and O–H groups in total. The molecule has 1 aliphatic rings. The zero-order chi connectivity index (χ0) is 23.8. The number of carbonyl (C=O) groups excluding carboxylic acids is 1. The van der Waals surface area contributed by atoms with Gasteiger partial charge in [0.25, 0.3) is 5.91 Å². The maximum absolute atomic E-state index is 12.9. The Morgan fingerprint density at radius 1 is 0.970 bits per heavy atom. The van der Waals surface area contributed by atoms with E-state index in [1.807, 2.05) is 61.5 Å². The molecule has 5 nitrogen and oxygen atoms in total. The van der Waals surface area contributed by atoms with Crippen molar-refractivity contribution in [3.63, 3.8) is 0 Å². The molecular weight excluding hydrogens is 432 g/mol. The van der Waals surface area contributed by atoms with E-state index in [9.17, 15) is 13.2 Å². The summed E-state index contributed by atoms with van der Waals surface area (Å²) < 4.78 is 28.2. The lowest BCUT2D eigenvalue weighted by atomic mass is 9.87. The average Bonchev–Trinajstić information content (AvgIpc) is 3.20. The first-order chi connectivity index (χ1) is 15.5. The Morgan fingerprint density at radius 2 is 1.64 bits per heavy atom. The van der Waals surface area contributed by atoms with Crippen molar-refractivity contribution in [1.29, 1.82) is 0 Å². The van der Waals surface area contributed by atoms with Crippen molar-refractivity contribution in [3.8, 4) is 0 Å². The SMILES string of the molecule is Cc1ccc(C(=O)N2CCc3cc(CNS(=O)(=O)c4ccc(C(C)(C)C)cc4)ccc32)cc1. The van der Waals surface area contributed by atoms with Gasteiger partial charge in [0, 0.05) is 24.3 Å². The summed E-state index contributed by atoms with van der Waals surface area (Å²) in [6.45, 7) is 9.10. The third kappa shape index (κ3) is 5.02. The Balaban J connectivity index is 1.45. The summed E-state index contributed by atoms with van der Waals surface area (Å²) in [5.74, 6) is -0.0130. The second-order valence-electron chi connectivity index (χ2n) is 9.63. The summed E-state index contributed by atoms with van der Waals surface area (Å²) in [6.07, 6.45) is 0.752. The van der Waals surface area contributed by atoms with E-state index < -0.39 is 10.0 Å². The van der Waals surface area contributed by atoms with Crippen LogP contribution >= 0.6 is 0 Å². The Hall–Kier alpha value is -2.96. The van der Waals surface area contributed by atoms with Gasteiger partial charge in [-0.1, -0.05) is 62.7 Å². The highest BCUT2D eigenvalue weighted by Gasteiger charge is 2.26. The van der Waals surface area contributed by atoms with Gasteiger partial charge in [0.2, 0.25) is 10.0 Å². The predicted molar refractivity (Wildman–Crippen MR) is 132 cm³/mol. The first-order valence-corrected chi connectivity index (χ1v) is 12.6. The monoisotopic (exact) mass is 462 g/mol. The summed E-state index contributed by atoms with van der Waals surface area (Å²) in [5, 5.41) is 0. The van der Waals surface area contributed by atoms with E-state index >= 15 is 0 Å². The molecule has 1 aliphatic heterocycles. The number of aryl methyl sites for hydroxylation is 1. The van der Waals surface area contributed by atoms with Gasteiger partial charge in [-0.3, -0.25) is 4.79 Å². The van der Waals surface area contributed by atoms with Gasteiger partial charge in [-0.2, -0.15) is 0 Å². The number of nitrogens with zero attached hydrogens (tertiary/aromatic N) is 1. The minimum atomic E-state index is -3.61. The largest absolute Gasteiger partial charge is 0.308 e. The molecule has 1 amide bonds. The highest BCUT2D eigenvalue weighted by atomic mass is 32.2. The van der Waals surface area contributed by atoms with Crippen LogP contribution in [0.2, 0.25) is 0 Å². The standard InChI is InChI=1S/C27H30N2O3S/c1-19-5-8-21(9-6-19)26(30)29-16-15-22-17-20(7-14-25(22)29)18-28-33(31,32)24-12-10-23(11-13-24)27(2,3)4/h5-14,17,28H,15-16,18H2,1-4H3. The first kappa shape index (κ1) is 23.2. The second-order valence-corrected chi connectivity index (χ2v) is 11.4. The quantitative estimate of drug-likeness (QED) is 0.582. The molecule has 0 saturated carbocycles. The molecule has 0 unspecified atom stereocenters. The molecule has 0 spiro atoms. The van der Waals surface area contributed by atoms with Crippen LogP contribution in [-0.4, -0.2) is 20.9 Å². The molecular formula is C27H30N2O3S. The van der Waals surface area contributed by atoms with Crippen LogP contribution in [-0.2, 0) is 28.4 Å². The first-order valence-electron chi connectivity index (χ1n) is 11.2. The Kier molecular flexibility index (Phi) is 6.16. The van der Waals surface area contributed by atoms with Crippen molar-refractivity contribution in [2.45, 2.75) is 51.0 Å². The van der Waals surface area contributed by atoms with E-state index in [1.54, 1.807) is 17.0 Å². The number of hydrogen-bond donors (Lipinski definition) is 1. The van der Waals surface area contributed by atoms with E-state index in [1.165, 1.54) is 0 Å². The van der Waals surface area contributed by atoms with Gasteiger partial charge in [0.1, 0.15) is 0 Å². The van der Waals surface area contributed by atoms with Crippen LogP contribution in [0.25, 0.3) is 0 Å². The normalized spacial score (nSPS) is 13.8. The van der Waals surface area contributed by atoms with Gasteiger partial charge in [-0.05, 0) is 65.8 Å². The topological polar surface area (TPSA) is 66.5 Å². The van der Waals surface area contributed by atoms with Crippen LogP contribution in [0.1, 0.15) is 53.4 Å². The summed E-state index contributed by atoms with van der Waals surface area (Å²) in [5.41, 5.74) is 5.66. The zero-order valence-electron chi connectivity index (χ0n) is 19.6. The van der Waals surface area contributed by atoms with E-state index in [4.69, 9.17) is 0 Å². The van der Waals surface area contributed by atoms with Crippen molar-refractivity contribution in [2.24, 2.45) is 0 Å².